The topological polar surface area (TPSA) is 215 Å². The molecule has 0 spiro atoms. The highest BCUT2D eigenvalue weighted by molar-refractivity contribution is 7.89. The lowest BCUT2D eigenvalue weighted by Crippen LogP contribution is -2.57. The molecule has 0 saturated heterocycles. The summed E-state index contributed by atoms with van der Waals surface area (Å²) < 4.78 is 57.8. The highest BCUT2D eigenvalue weighted by atomic mass is 32.2. The number of sulfonamides is 2. The van der Waals surface area contributed by atoms with Gasteiger partial charge < -0.3 is 20.5 Å². The number of hydrogen-bond acceptors (Lipinski definition) is 10. The first kappa shape index (κ1) is 38.2. The maximum absolute atomic E-state index is 13.7. The third-order valence-electron chi connectivity index (χ3n) is 7.08. The molecule has 0 aromatic heterocycles. The van der Waals surface area contributed by atoms with Crippen LogP contribution in [0.2, 0.25) is 0 Å². The van der Waals surface area contributed by atoms with Crippen LogP contribution in [0.15, 0.2) is 95.0 Å². The van der Waals surface area contributed by atoms with E-state index in [9.17, 15) is 36.4 Å². The number of aliphatic hydroxyl groups excluding tert-OH is 1. The van der Waals surface area contributed by atoms with Gasteiger partial charge in [-0.1, -0.05) is 91.8 Å². The first-order valence-electron chi connectivity index (χ1n) is 15.1. The molecule has 2 amide bonds. The minimum Gasteiger partial charge on any atom is -0.445 e. The monoisotopic (exact) mass is 703 g/mol. The van der Waals surface area contributed by atoms with Crippen LogP contribution >= 0.6 is 0 Å². The summed E-state index contributed by atoms with van der Waals surface area (Å²) in [7, 11) is -8.45. The smallest absolute Gasteiger partial charge is 0.408 e. The lowest BCUT2D eigenvalue weighted by atomic mass is 10.0. The molecule has 0 radical (unpaired) electrons. The van der Waals surface area contributed by atoms with Gasteiger partial charge in [0.05, 0.1) is 22.8 Å². The number of hydrogen-bond donors (Lipinski definition) is 4. The number of ether oxygens (including phenoxy) is 1. The number of benzene rings is 3. The second kappa shape index (κ2) is 17.8. The molecule has 16 heteroatoms. The van der Waals surface area contributed by atoms with E-state index in [1.54, 1.807) is 74.5 Å². The Bertz CT molecular complexity index is 1710. The summed E-state index contributed by atoms with van der Waals surface area (Å²) in [5.41, 5.74) is 1.86. The molecule has 3 aromatic carbocycles. The van der Waals surface area contributed by atoms with Gasteiger partial charge in [-0.05, 0) is 41.2 Å². The van der Waals surface area contributed by atoms with Crippen molar-refractivity contribution in [1.82, 2.24) is 14.9 Å². The third kappa shape index (κ3) is 12.4. The normalized spacial score (nSPS) is 13.8. The number of nitrogens with one attached hydrogen (secondary N) is 2. The van der Waals surface area contributed by atoms with Crippen LogP contribution in [0.1, 0.15) is 30.5 Å². The quantitative estimate of drug-likeness (QED) is 0.143. The molecule has 0 aliphatic carbocycles. The molecular formula is C32H41N5O9S2. The first-order chi connectivity index (χ1) is 22.7. The van der Waals surface area contributed by atoms with Crippen LogP contribution < -0.4 is 15.8 Å². The number of rotatable bonds is 18. The van der Waals surface area contributed by atoms with Crippen molar-refractivity contribution in [1.29, 1.82) is 0 Å². The summed E-state index contributed by atoms with van der Waals surface area (Å²) in [6.07, 6.45) is -2.55. The molecule has 260 valence electrons. The van der Waals surface area contributed by atoms with Gasteiger partial charge in [0.25, 0.3) is 0 Å². The van der Waals surface area contributed by atoms with Crippen molar-refractivity contribution < 1.29 is 36.3 Å². The Hall–Kier alpha value is -4.22. The van der Waals surface area contributed by atoms with Crippen molar-refractivity contribution in [2.24, 2.45) is 16.2 Å². The predicted molar refractivity (Wildman–Crippen MR) is 179 cm³/mol. The maximum Gasteiger partial charge on any atom is 0.408 e. The molecule has 0 unspecified atom stereocenters. The zero-order chi connectivity index (χ0) is 35.3. The molecule has 0 fully saturated rings. The number of nitrogens with zero attached hydrogens (tertiary/aromatic N) is 2. The van der Waals surface area contributed by atoms with Crippen LogP contribution in [0.3, 0.4) is 0 Å². The van der Waals surface area contributed by atoms with Crippen molar-refractivity contribution >= 4 is 32.0 Å². The zero-order valence-electron chi connectivity index (χ0n) is 26.6. The van der Waals surface area contributed by atoms with E-state index in [0.29, 0.717) is 16.7 Å². The maximum atomic E-state index is 13.7. The number of amides is 2. The third-order valence-corrected chi connectivity index (χ3v) is 9.72. The molecule has 14 nitrogen and oxygen atoms in total. The Labute approximate surface area is 280 Å². The molecule has 0 aliphatic rings. The number of carbonyl (C=O) groups excluding carboxylic acids is 2. The fourth-order valence-electron chi connectivity index (χ4n) is 4.76. The minimum atomic E-state index is -4.29. The van der Waals surface area contributed by atoms with Crippen LogP contribution in [0.25, 0.3) is 0 Å². The van der Waals surface area contributed by atoms with Crippen molar-refractivity contribution in [3.8, 4) is 0 Å². The van der Waals surface area contributed by atoms with Crippen molar-refractivity contribution in [3.05, 3.63) is 107 Å². The minimum absolute atomic E-state index is 0.0197. The Balaban J connectivity index is 1.86. The van der Waals surface area contributed by atoms with E-state index in [2.05, 4.69) is 15.8 Å². The van der Waals surface area contributed by atoms with Crippen LogP contribution in [0.5, 0.6) is 0 Å². The Kier molecular flexibility index (Phi) is 14.2. The van der Waals surface area contributed by atoms with E-state index in [4.69, 9.17) is 9.88 Å². The Morgan fingerprint density at radius 1 is 0.854 bits per heavy atom. The van der Waals surface area contributed by atoms with Gasteiger partial charge in [0.1, 0.15) is 19.2 Å². The molecular weight excluding hydrogens is 663 g/mol. The predicted octanol–water partition coefficient (Wildman–Crippen LogP) is 2.27. The van der Waals surface area contributed by atoms with Crippen LogP contribution in [0, 0.1) is 10.8 Å². The Morgan fingerprint density at radius 2 is 1.44 bits per heavy atom. The van der Waals surface area contributed by atoms with Crippen molar-refractivity contribution in [2.75, 3.05) is 18.8 Å². The molecule has 3 aromatic rings. The summed E-state index contributed by atoms with van der Waals surface area (Å²) in [6, 6.07) is 20.2. The highest BCUT2D eigenvalue weighted by Crippen LogP contribution is 2.20. The highest BCUT2D eigenvalue weighted by Gasteiger charge is 2.34. The summed E-state index contributed by atoms with van der Waals surface area (Å²) >= 11 is 0. The number of nitroso groups, excluding NO2 is 1. The largest absolute Gasteiger partial charge is 0.445 e. The summed E-state index contributed by atoms with van der Waals surface area (Å²) in [4.78, 5) is 36.7. The van der Waals surface area contributed by atoms with Gasteiger partial charge >= 0.3 is 6.09 Å². The van der Waals surface area contributed by atoms with E-state index < -0.39 is 62.5 Å². The van der Waals surface area contributed by atoms with E-state index >= 15 is 0 Å². The second-order valence-electron chi connectivity index (χ2n) is 11.6. The molecule has 0 saturated carbocycles. The fourth-order valence-corrected chi connectivity index (χ4v) is 7.08. The average Bonchev–Trinajstić information content (AvgIpc) is 3.03. The van der Waals surface area contributed by atoms with E-state index in [1.165, 1.54) is 24.3 Å². The molecule has 3 rings (SSSR count). The van der Waals surface area contributed by atoms with E-state index in [0.717, 1.165) is 4.31 Å². The molecule has 0 heterocycles. The van der Waals surface area contributed by atoms with Crippen LogP contribution in [-0.2, 0) is 49.2 Å². The van der Waals surface area contributed by atoms with Crippen LogP contribution in [0.4, 0.5) is 4.79 Å². The Morgan fingerprint density at radius 3 is 1.98 bits per heavy atom. The first-order valence-corrected chi connectivity index (χ1v) is 18.2. The summed E-state index contributed by atoms with van der Waals surface area (Å²) in [5.74, 6) is -2.12. The number of primary sulfonamides is 1. The van der Waals surface area contributed by atoms with E-state index in [-0.39, 0.29) is 36.9 Å². The van der Waals surface area contributed by atoms with Crippen molar-refractivity contribution in [2.45, 2.75) is 56.5 Å². The van der Waals surface area contributed by atoms with Gasteiger partial charge in [0, 0.05) is 13.1 Å². The summed E-state index contributed by atoms with van der Waals surface area (Å²) in [6.45, 7) is 2.91. The molecule has 48 heavy (non-hydrogen) atoms. The molecule has 3 atom stereocenters. The number of alkyl carbamates (subject to hydrolysis) is 1. The number of nitrogens with two attached hydrogens (primary N) is 1. The SMILES string of the molecule is CC(C)CN(C[C@@H](O)[C@H](Cc1ccccc1)NC(=O)[C@H](CS(N)(=O)=O)NC(=O)OCc1ccccc1)S(=O)(=O)c1ccc(CN=O)cc1. The van der Waals surface area contributed by atoms with Crippen molar-refractivity contribution in [3.63, 3.8) is 0 Å². The van der Waals surface area contributed by atoms with E-state index in [1.807, 2.05) is 0 Å². The zero-order valence-corrected chi connectivity index (χ0v) is 28.3. The molecule has 5 N–H and O–H groups in total. The van der Waals surface area contributed by atoms with Gasteiger partial charge in [-0.25, -0.2) is 26.8 Å². The lowest BCUT2D eigenvalue weighted by Gasteiger charge is -2.31. The van der Waals surface area contributed by atoms with Crippen LogP contribution in [-0.4, -0.2) is 75.3 Å². The molecule has 0 aliphatic heterocycles. The molecule has 0 bridgehead atoms. The van der Waals surface area contributed by atoms with Gasteiger partial charge in [-0.3, -0.25) is 4.79 Å². The summed E-state index contributed by atoms with van der Waals surface area (Å²) in [5, 5.41) is 24.4. The van der Waals surface area contributed by atoms with Gasteiger partial charge in [-0.15, -0.1) is 0 Å². The standard InChI is InChI=1S/C32H41N5O9S2/c1-23(2)19-37(48(44,45)27-15-13-25(14-16-27)18-34-41)20-30(38)28(17-24-9-5-3-6-10-24)35-31(39)29(22-47(33,42)43)36-32(40)46-21-26-11-7-4-8-12-26/h3-16,23,28-30,38H,17-22H2,1-2H3,(H,35,39)(H,36,40)(H2,33,42,43)/t28-,29-,30+/m0/s1. The van der Waals surface area contributed by atoms with Gasteiger partial charge in [0.2, 0.25) is 26.0 Å². The fraction of sp³-hybridized carbons (Fsp3) is 0.375. The lowest BCUT2D eigenvalue weighted by molar-refractivity contribution is -0.124. The van der Waals surface area contributed by atoms with Gasteiger partial charge in [-0.2, -0.15) is 9.21 Å². The second-order valence-corrected chi connectivity index (χ2v) is 15.2. The average molecular weight is 704 g/mol. The number of carbonyl (C=O) groups is 2. The number of aliphatic hydroxyl groups is 1. The van der Waals surface area contributed by atoms with Gasteiger partial charge in [0.15, 0.2) is 0 Å².